The van der Waals surface area contributed by atoms with Gasteiger partial charge in [0.1, 0.15) is 6.61 Å². The van der Waals surface area contributed by atoms with E-state index in [1.807, 2.05) is 24.3 Å². The summed E-state index contributed by atoms with van der Waals surface area (Å²) in [6.45, 7) is 4.57. The van der Waals surface area contributed by atoms with Crippen molar-refractivity contribution in [2.75, 3.05) is 13.2 Å². The summed E-state index contributed by atoms with van der Waals surface area (Å²) in [7, 11) is 0. The highest BCUT2D eigenvalue weighted by atomic mass is 16.5. The number of nitrogens with one attached hydrogen (secondary N) is 1. The average molecular weight is 353 g/mol. The number of aliphatic hydroxyl groups is 1. The van der Waals surface area contributed by atoms with Gasteiger partial charge in [0.05, 0.1) is 0 Å². The van der Waals surface area contributed by atoms with Crippen LogP contribution in [0.1, 0.15) is 43.7 Å². The summed E-state index contributed by atoms with van der Waals surface area (Å²) < 4.78 is 5.57. The molecule has 1 unspecified atom stereocenters. The molecule has 0 aromatic heterocycles. The highest BCUT2D eigenvalue weighted by Crippen LogP contribution is 2.44. The minimum Gasteiger partial charge on any atom is -0.449 e. The molecule has 1 atom stereocenters. The Morgan fingerprint density at radius 1 is 1.08 bits per heavy atom. The number of hydrogen-bond donors (Lipinski definition) is 2. The molecule has 0 saturated heterocycles. The fourth-order valence-corrected chi connectivity index (χ4v) is 3.78. The molecule has 0 fully saturated rings. The molecular weight excluding hydrogens is 326 g/mol. The predicted molar refractivity (Wildman–Crippen MR) is 103 cm³/mol. The van der Waals surface area contributed by atoms with Crippen molar-refractivity contribution in [3.8, 4) is 11.1 Å². The van der Waals surface area contributed by atoms with Crippen molar-refractivity contribution >= 4 is 6.09 Å². The van der Waals surface area contributed by atoms with Crippen LogP contribution in [-0.2, 0) is 4.74 Å². The molecule has 0 saturated carbocycles. The van der Waals surface area contributed by atoms with Crippen molar-refractivity contribution in [3.05, 3.63) is 59.7 Å². The van der Waals surface area contributed by atoms with E-state index in [0.29, 0.717) is 18.9 Å². The number of amides is 1. The van der Waals surface area contributed by atoms with Gasteiger partial charge < -0.3 is 15.2 Å². The standard InChI is InChI=1S/C22H27NO3/c1-15(2)13-16(11-12-24)23-22(25)26-14-21-19-9-5-3-7-17(19)18-8-4-6-10-20(18)21/h3-10,15-16,21,24H,11-14H2,1-2H3,(H,23,25). The van der Waals surface area contributed by atoms with Gasteiger partial charge in [-0.25, -0.2) is 4.79 Å². The molecule has 1 amide bonds. The lowest BCUT2D eigenvalue weighted by Crippen LogP contribution is -2.37. The molecule has 2 aromatic rings. The van der Waals surface area contributed by atoms with Crippen LogP contribution in [0.3, 0.4) is 0 Å². The highest BCUT2D eigenvalue weighted by Gasteiger charge is 2.29. The lowest BCUT2D eigenvalue weighted by molar-refractivity contribution is 0.135. The van der Waals surface area contributed by atoms with E-state index in [0.717, 1.165) is 6.42 Å². The molecule has 4 nitrogen and oxygen atoms in total. The molecule has 138 valence electrons. The normalized spacial score (nSPS) is 14.0. The maximum absolute atomic E-state index is 12.3. The van der Waals surface area contributed by atoms with Crippen LogP contribution in [0, 0.1) is 5.92 Å². The molecule has 2 aromatic carbocycles. The second-order valence-electron chi connectivity index (χ2n) is 7.31. The Balaban J connectivity index is 1.67. The number of fused-ring (bicyclic) bond motifs is 3. The van der Waals surface area contributed by atoms with E-state index >= 15 is 0 Å². The van der Waals surface area contributed by atoms with Gasteiger partial charge in [0.25, 0.3) is 0 Å². The van der Waals surface area contributed by atoms with E-state index in [1.165, 1.54) is 22.3 Å². The molecule has 1 aliphatic carbocycles. The largest absolute Gasteiger partial charge is 0.449 e. The number of aliphatic hydroxyl groups excluding tert-OH is 1. The van der Waals surface area contributed by atoms with Gasteiger partial charge in [-0.1, -0.05) is 62.4 Å². The van der Waals surface area contributed by atoms with Crippen LogP contribution < -0.4 is 5.32 Å². The van der Waals surface area contributed by atoms with Crippen molar-refractivity contribution in [1.82, 2.24) is 5.32 Å². The monoisotopic (exact) mass is 353 g/mol. The van der Waals surface area contributed by atoms with Crippen LogP contribution >= 0.6 is 0 Å². The van der Waals surface area contributed by atoms with Crippen LogP contribution in [0.15, 0.2) is 48.5 Å². The number of rotatable bonds is 7. The molecule has 0 heterocycles. The SMILES string of the molecule is CC(C)CC(CCO)NC(=O)OCC1c2ccccc2-c2ccccc21. The third-order valence-electron chi connectivity index (χ3n) is 4.90. The maximum atomic E-state index is 12.3. The Labute approximate surface area is 155 Å². The number of hydrogen-bond acceptors (Lipinski definition) is 3. The first-order valence-electron chi connectivity index (χ1n) is 9.32. The first-order valence-corrected chi connectivity index (χ1v) is 9.32. The third-order valence-corrected chi connectivity index (χ3v) is 4.90. The molecule has 3 rings (SSSR count). The number of carbonyl (C=O) groups excluding carboxylic acids is 1. The number of ether oxygens (including phenoxy) is 1. The van der Waals surface area contributed by atoms with Gasteiger partial charge in [-0.15, -0.1) is 0 Å². The van der Waals surface area contributed by atoms with Crippen LogP contribution in [0.5, 0.6) is 0 Å². The summed E-state index contributed by atoms with van der Waals surface area (Å²) in [5.41, 5.74) is 4.84. The van der Waals surface area contributed by atoms with Crippen molar-refractivity contribution in [2.24, 2.45) is 5.92 Å². The Morgan fingerprint density at radius 3 is 2.19 bits per heavy atom. The predicted octanol–water partition coefficient (Wildman–Crippen LogP) is 4.32. The van der Waals surface area contributed by atoms with E-state index < -0.39 is 6.09 Å². The van der Waals surface area contributed by atoms with Crippen molar-refractivity contribution < 1.29 is 14.6 Å². The summed E-state index contributed by atoms with van der Waals surface area (Å²) in [6.07, 6.45) is 0.957. The number of benzene rings is 2. The van der Waals surface area contributed by atoms with Gasteiger partial charge in [-0.05, 0) is 41.0 Å². The van der Waals surface area contributed by atoms with E-state index in [4.69, 9.17) is 4.74 Å². The Kier molecular flexibility index (Phi) is 5.94. The first kappa shape index (κ1) is 18.5. The van der Waals surface area contributed by atoms with Gasteiger partial charge in [0, 0.05) is 18.6 Å². The maximum Gasteiger partial charge on any atom is 0.407 e. The van der Waals surface area contributed by atoms with Gasteiger partial charge in [-0.2, -0.15) is 0 Å². The van der Waals surface area contributed by atoms with Gasteiger partial charge in [0.15, 0.2) is 0 Å². The van der Waals surface area contributed by atoms with Crippen LogP contribution in [0.4, 0.5) is 4.79 Å². The molecular formula is C22H27NO3. The summed E-state index contributed by atoms with van der Waals surface area (Å²) in [5.74, 6) is 0.509. The van der Waals surface area contributed by atoms with Crippen LogP contribution in [-0.4, -0.2) is 30.5 Å². The lowest BCUT2D eigenvalue weighted by atomic mass is 9.98. The zero-order chi connectivity index (χ0) is 18.5. The van der Waals surface area contributed by atoms with Crippen molar-refractivity contribution in [2.45, 2.75) is 38.6 Å². The fourth-order valence-electron chi connectivity index (χ4n) is 3.78. The summed E-state index contributed by atoms with van der Waals surface area (Å²) >= 11 is 0. The molecule has 0 bridgehead atoms. The minimum atomic E-state index is -0.411. The van der Waals surface area contributed by atoms with Gasteiger partial charge >= 0.3 is 6.09 Å². The second-order valence-corrected chi connectivity index (χ2v) is 7.31. The Morgan fingerprint density at radius 2 is 1.65 bits per heavy atom. The molecule has 0 spiro atoms. The van der Waals surface area contributed by atoms with Crippen molar-refractivity contribution in [1.29, 1.82) is 0 Å². The summed E-state index contributed by atoms with van der Waals surface area (Å²) in [5, 5.41) is 12.1. The minimum absolute atomic E-state index is 0.0566. The van der Waals surface area contributed by atoms with E-state index in [1.54, 1.807) is 0 Å². The molecule has 1 aliphatic rings. The van der Waals surface area contributed by atoms with Crippen molar-refractivity contribution in [3.63, 3.8) is 0 Å². The number of carbonyl (C=O) groups is 1. The Bertz CT molecular complexity index is 711. The molecule has 4 heteroatoms. The van der Waals surface area contributed by atoms with Crippen LogP contribution in [0.2, 0.25) is 0 Å². The molecule has 2 N–H and O–H groups in total. The highest BCUT2D eigenvalue weighted by molar-refractivity contribution is 5.79. The van der Waals surface area contributed by atoms with Gasteiger partial charge in [-0.3, -0.25) is 0 Å². The second kappa shape index (κ2) is 8.37. The summed E-state index contributed by atoms with van der Waals surface area (Å²) in [4.78, 5) is 12.3. The molecule has 0 radical (unpaired) electrons. The molecule has 0 aliphatic heterocycles. The Hall–Kier alpha value is -2.33. The quantitative estimate of drug-likeness (QED) is 0.779. The smallest absolute Gasteiger partial charge is 0.407 e. The van der Waals surface area contributed by atoms with E-state index in [2.05, 4.69) is 43.4 Å². The first-order chi connectivity index (χ1) is 12.6. The topological polar surface area (TPSA) is 58.6 Å². The number of alkyl carbamates (subject to hydrolysis) is 1. The van der Waals surface area contributed by atoms with Gasteiger partial charge in [0.2, 0.25) is 0 Å². The zero-order valence-corrected chi connectivity index (χ0v) is 15.4. The fraction of sp³-hybridized carbons (Fsp3) is 0.409. The summed E-state index contributed by atoms with van der Waals surface area (Å²) in [6, 6.07) is 16.5. The average Bonchev–Trinajstić information content (AvgIpc) is 2.94. The van der Waals surface area contributed by atoms with E-state index in [-0.39, 0.29) is 18.6 Å². The zero-order valence-electron chi connectivity index (χ0n) is 15.4. The third kappa shape index (κ3) is 4.07. The van der Waals surface area contributed by atoms with Crippen LogP contribution in [0.25, 0.3) is 11.1 Å². The lowest BCUT2D eigenvalue weighted by Gasteiger charge is -2.20. The molecule has 26 heavy (non-hydrogen) atoms. The van der Waals surface area contributed by atoms with E-state index in [9.17, 15) is 9.90 Å².